The van der Waals surface area contributed by atoms with E-state index in [0.717, 1.165) is 19.4 Å². The summed E-state index contributed by atoms with van der Waals surface area (Å²) < 4.78 is 11.5. The Kier molecular flexibility index (Phi) is 9.14. The first-order valence-electron chi connectivity index (χ1n) is 7.13. The van der Waals surface area contributed by atoms with Crippen molar-refractivity contribution in [3.63, 3.8) is 0 Å². The van der Waals surface area contributed by atoms with E-state index in [-0.39, 0.29) is 0 Å². The maximum atomic E-state index is 5.75. The van der Waals surface area contributed by atoms with Gasteiger partial charge in [-0.3, -0.25) is 0 Å². The normalized spacial score (nSPS) is 21.2. The molecule has 3 heteroatoms. The molecule has 1 aliphatic heterocycles. The quantitative estimate of drug-likeness (QED) is 0.457. The molecule has 1 rings (SSSR count). The zero-order chi connectivity index (χ0) is 11.5. The van der Waals surface area contributed by atoms with Crippen LogP contribution in [0.25, 0.3) is 0 Å². The summed E-state index contributed by atoms with van der Waals surface area (Å²) in [6.07, 6.45) is 11.7. The Morgan fingerprint density at radius 2 is 1.88 bits per heavy atom. The lowest BCUT2D eigenvalue weighted by Gasteiger charge is -2.20. The molecule has 0 radical (unpaired) electrons. The first-order chi connectivity index (χ1) is 7.93. The predicted octanol–water partition coefficient (Wildman–Crippen LogP) is 3.44. The molecule has 96 valence electrons. The number of unbranched alkanes of at least 4 members (excludes halogenated alkanes) is 5. The Hall–Kier alpha value is 0.137. The molecule has 0 amide bonds. The van der Waals surface area contributed by atoms with Gasteiger partial charge in [-0.2, -0.15) is 0 Å². The smallest absolute Gasteiger partial charge is 0.202 e. The molecule has 1 atom stereocenters. The van der Waals surface area contributed by atoms with Gasteiger partial charge >= 0.3 is 0 Å². The zero-order valence-corrected chi connectivity index (χ0v) is 12.0. The molecule has 0 aromatic carbocycles. The number of rotatable bonds is 9. The second kappa shape index (κ2) is 10.3. The second-order valence-electron chi connectivity index (χ2n) is 4.83. The summed E-state index contributed by atoms with van der Waals surface area (Å²) in [6.45, 7) is 4.22. The molecule has 1 unspecified atom stereocenters. The molecule has 0 N–H and O–H groups in total. The third-order valence-corrected chi connectivity index (χ3v) is 5.59. The molecular weight excluding hydrogens is 216 g/mol. The fourth-order valence-corrected chi connectivity index (χ4v) is 4.24. The minimum Gasteiger partial charge on any atom is -0.418 e. The summed E-state index contributed by atoms with van der Waals surface area (Å²) in [5.41, 5.74) is 0. The van der Waals surface area contributed by atoms with Crippen molar-refractivity contribution in [2.24, 2.45) is 0 Å². The van der Waals surface area contributed by atoms with Gasteiger partial charge in [0.1, 0.15) is 0 Å². The van der Waals surface area contributed by atoms with Gasteiger partial charge in [0.15, 0.2) is 0 Å². The van der Waals surface area contributed by atoms with Crippen LogP contribution in [0.3, 0.4) is 0 Å². The van der Waals surface area contributed by atoms with Crippen molar-refractivity contribution in [3.8, 4) is 0 Å². The minimum absolute atomic E-state index is 0.918. The van der Waals surface area contributed by atoms with E-state index < -0.39 is 9.04 Å². The van der Waals surface area contributed by atoms with E-state index in [1.807, 2.05) is 0 Å². The van der Waals surface area contributed by atoms with E-state index in [1.54, 1.807) is 0 Å². The van der Waals surface area contributed by atoms with E-state index in [1.165, 1.54) is 57.4 Å². The molecule has 0 saturated carbocycles. The summed E-state index contributed by atoms with van der Waals surface area (Å²) in [7, 11) is -0.918. The maximum Gasteiger partial charge on any atom is 0.202 e. The van der Waals surface area contributed by atoms with Crippen LogP contribution in [0.2, 0.25) is 6.04 Å². The van der Waals surface area contributed by atoms with Crippen molar-refractivity contribution in [1.82, 2.24) is 0 Å². The highest BCUT2D eigenvalue weighted by Crippen LogP contribution is 2.11. The van der Waals surface area contributed by atoms with Crippen LogP contribution in [0.15, 0.2) is 0 Å². The standard InChI is InChI=1S/C13H28O2Si/c1-2-3-4-5-6-7-10-14-13-16-12-9-8-11-15-16/h16H,2-13H2,1H3. The van der Waals surface area contributed by atoms with E-state index >= 15 is 0 Å². The molecular formula is C13H28O2Si. The molecule has 1 fully saturated rings. The van der Waals surface area contributed by atoms with E-state index in [9.17, 15) is 0 Å². The highest BCUT2D eigenvalue weighted by atomic mass is 28.3. The highest BCUT2D eigenvalue weighted by molar-refractivity contribution is 6.51. The van der Waals surface area contributed by atoms with Crippen molar-refractivity contribution < 1.29 is 9.16 Å². The summed E-state index contributed by atoms with van der Waals surface area (Å²) in [4.78, 5) is 0. The van der Waals surface area contributed by atoms with Crippen LogP contribution in [0.1, 0.15) is 58.3 Å². The summed E-state index contributed by atoms with van der Waals surface area (Å²) in [5, 5.41) is 0. The van der Waals surface area contributed by atoms with Crippen molar-refractivity contribution in [2.75, 3.05) is 19.4 Å². The van der Waals surface area contributed by atoms with Gasteiger partial charge in [0.2, 0.25) is 9.04 Å². The summed E-state index contributed by atoms with van der Waals surface area (Å²) >= 11 is 0. The summed E-state index contributed by atoms with van der Waals surface area (Å²) in [5.74, 6) is 0. The average Bonchev–Trinajstić information content (AvgIpc) is 2.34. The molecule has 16 heavy (non-hydrogen) atoms. The van der Waals surface area contributed by atoms with Gasteiger partial charge in [-0.15, -0.1) is 0 Å². The van der Waals surface area contributed by atoms with Crippen LogP contribution < -0.4 is 0 Å². The van der Waals surface area contributed by atoms with Crippen molar-refractivity contribution in [2.45, 2.75) is 64.3 Å². The lowest BCUT2D eigenvalue weighted by Crippen LogP contribution is -2.29. The third kappa shape index (κ3) is 7.42. The fraction of sp³-hybridized carbons (Fsp3) is 1.00. The molecule has 0 aromatic rings. The van der Waals surface area contributed by atoms with Gasteiger partial charge in [0.25, 0.3) is 0 Å². The fourth-order valence-electron chi connectivity index (χ4n) is 2.14. The lowest BCUT2D eigenvalue weighted by atomic mass is 10.1. The van der Waals surface area contributed by atoms with Crippen LogP contribution in [0.4, 0.5) is 0 Å². The number of ether oxygens (including phenoxy) is 1. The monoisotopic (exact) mass is 244 g/mol. The molecule has 1 saturated heterocycles. The summed E-state index contributed by atoms with van der Waals surface area (Å²) in [6, 6.07) is 1.33. The molecule has 0 aliphatic carbocycles. The zero-order valence-electron chi connectivity index (χ0n) is 10.9. The Labute approximate surface area is 102 Å². The maximum absolute atomic E-state index is 5.75. The SMILES string of the molecule is CCCCCCCCOC[SiH]1CCCCO1. The Balaban J connectivity index is 1.77. The van der Waals surface area contributed by atoms with Gasteiger partial charge in [-0.05, 0) is 18.9 Å². The number of hydrogen-bond acceptors (Lipinski definition) is 2. The number of hydrogen-bond donors (Lipinski definition) is 0. The van der Waals surface area contributed by atoms with Crippen molar-refractivity contribution in [1.29, 1.82) is 0 Å². The third-order valence-electron chi connectivity index (χ3n) is 3.22. The van der Waals surface area contributed by atoms with Crippen LogP contribution in [-0.2, 0) is 9.16 Å². The van der Waals surface area contributed by atoms with E-state index in [4.69, 9.17) is 9.16 Å². The molecule has 1 aliphatic rings. The van der Waals surface area contributed by atoms with Gasteiger partial charge in [-0.25, -0.2) is 0 Å². The van der Waals surface area contributed by atoms with E-state index in [0.29, 0.717) is 0 Å². The van der Waals surface area contributed by atoms with Gasteiger partial charge in [0, 0.05) is 13.2 Å². The van der Waals surface area contributed by atoms with Crippen LogP contribution in [-0.4, -0.2) is 28.5 Å². The van der Waals surface area contributed by atoms with Crippen LogP contribution >= 0.6 is 0 Å². The van der Waals surface area contributed by atoms with Gasteiger partial charge < -0.3 is 9.16 Å². The molecule has 1 heterocycles. The molecule has 0 aromatic heterocycles. The van der Waals surface area contributed by atoms with Crippen LogP contribution in [0, 0.1) is 0 Å². The van der Waals surface area contributed by atoms with E-state index in [2.05, 4.69) is 6.92 Å². The van der Waals surface area contributed by atoms with Crippen molar-refractivity contribution >= 4 is 9.04 Å². The first kappa shape index (κ1) is 14.2. The molecule has 2 nitrogen and oxygen atoms in total. The highest BCUT2D eigenvalue weighted by Gasteiger charge is 2.15. The Bertz CT molecular complexity index is 147. The average molecular weight is 244 g/mol. The van der Waals surface area contributed by atoms with Crippen LogP contribution in [0.5, 0.6) is 0 Å². The Morgan fingerprint density at radius 1 is 1.06 bits per heavy atom. The first-order valence-corrected chi connectivity index (χ1v) is 9.23. The lowest BCUT2D eigenvalue weighted by molar-refractivity contribution is 0.149. The second-order valence-corrected chi connectivity index (χ2v) is 7.32. The minimum atomic E-state index is -0.918. The largest absolute Gasteiger partial charge is 0.418 e. The predicted molar refractivity (Wildman–Crippen MR) is 71.3 cm³/mol. The van der Waals surface area contributed by atoms with Gasteiger partial charge in [-0.1, -0.05) is 45.4 Å². The topological polar surface area (TPSA) is 18.5 Å². The van der Waals surface area contributed by atoms with Crippen molar-refractivity contribution in [3.05, 3.63) is 0 Å². The molecule has 0 spiro atoms. The molecule has 0 bridgehead atoms. The Morgan fingerprint density at radius 3 is 2.62 bits per heavy atom. The van der Waals surface area contributed by atoms with Gasteiger partial charge in [0.05, 0.1) is 6.23 Å².